The number of fused-ring (bicyclic) bond motifs is 1. The number of benzene rings is 3. The lowest BCUT2D eigenvalue weighted by Gasteiger charge is -2.26. The predicted molar refractivity (Wildman–Crippen MR) is 166 cm³/mol. The minimum atomic E-state index is -0.866. The molecular weight excluding hydrogens is 538 g/mol. The molecule has 4 rings (SSSR count). The maximum atomic E-state index is 10.9. The van der Waals surface area contributed by atoms with Gasteiger partial charge in [-0.1, -0.05) is 98.2 Å². The minimum Gasteiger partial charge on any atom is -0.507 e. The first-order valence-electron chi connectivity index (χ1n) is 13.7. The van der Waals surface area contributed by atoms with Crippen LogP contribution < -0.4 is 0 Å². The van der Waals surface area contributed by atoms with E-state index in [9.17, 15) is 15.0 Å². The van der Waals surface area contributed by atoms with Gasteiger partial charge in [0.05, 0.1) is 0 Å². The number of halogens is 1. The second-order valence-corrected chi connectivity index (χ2v) is 13.9. The first kappa shape index (κ1) is 31.9. The van der Waals surface area contributed by atoms with Gasteiger partial charge in [0.15, 0.2) is 0 Å². The number of hydrogen-bond acceptors (Lipinski definition) is 5. The summed E-state index contributed by atoms with van der Waals surface area (Å²) in [6, 6.07) is 14.8. The molecule has 0 fully saturated rings. The van der Waals surface area contributed by atoms with Crippen LogP contribution in [0, 0.1) is 0 Å². The molecule has 1 heterocycles. The highest BCUT2D eigenvalue weighted by Crippen LogP contribution is 2.39. The summed E-state index contributed by atoms with van der Waals surface area (Å²) < 4.78 is 0. The topological polar surface area (TPSA) is 108 Å². The molecule has 1 aromatic heterocycles. The third-order valence-electron chi connectivity index (χ3n) is 6.80. The van der Waals surface area contributed by atoms with E-state index < -0.39 is 5.97 Å². The number of phenols is 2. The van der Waals surface area contributed by atoms with E-state index in [1.165, 1.54) is 4.80 Å². The minimum absolute atomic E-state index is 0.00859. The van der Waals surface area contributed by atoms with Crippen molar-refractivity contribution in [1.29, 1.82) is 0 Å². The number of aliphatic carboxylic acids is 1. The fourth-order valence-corrected chi connectivity index (χ4v) is 4.71. The molecule has 8 heteroatoms. The molecule has 0 aliphatic heterocycles. The van der Waals surface area contributed by atoms with Crippen LogP contribution in [0.3, 0.4) is 0 Å². The Bertz CT molecular complexity index is 1520. The van der Waals surface area contributed by atoms with Crippen molar-refractivity contribution >= 4 is 28.6 Å². The molecular formula is C33H42ClN3O4. The normalized spacial score (nSPS) is 12.2. The number of nitrogens with zero attached hydrogens (tertiary/aromatic N) is 3. The highest BCUT2D eigenvalue weighted by Gasteiger charge is 2.25. The van der Waals surface area contributed by atoms with E-state index in [-0.39, 0.29) is 28.4 Å². The summed E-state index contributed by atoms with van der Waals surface area (Å²) in [5.74, 6) is -0.324. The van der Waals surface area contributed by atoms with Crippen LogP contribution >= 0.6 is 11.6 Å². The van der Waals surface area contributed by atoms with E-state index in [1.807, 2.05) is 45.0 Å². The number of aromatic nitrogens is 3. The zero-order valence-electron chi connectivity index (χ0n) is 25.5. The Hall–Kier alpha value is -3.58. The molecule has 4 aromatic rings. The number of hydrogen-bond donors (Lipinski definition) is 3. The second kappa shape index (κ2) is 11.7. The van der Waals surface area contributed by atoms with Gasteiger partial charge in [-0.15, -0.1) is 15.0 Å². The molecule has 0 bridgehead atoms. The van der Waals surface area contributed by atoms with Crippen LogP contribution in [0.25, 0.3) is 16.7 Å². The Balaban J connectivity index is 0.000000263. The fraction of sp³-hybridized carbons (Fsp3) is 0.424. The van der Waals surface area contributed by atoms with Crippen LogP contribution in [0.2, 0.25) is 5.02 Å². The third-order valence-corrected chi connectivity index (χ3v) is 7.03. The lowest BCUT2D eigenvalue weighted by Crippen LogP contribution is -2.16. The van der Waals surface area contributed by atoms with Gasteiger partial charge in [0, 0.05) is 17.0 Å². The zero-order chi connectivity index (χ0) is 30.9. The van der Waals surface area contributed by atoms with Crippen molar-refractivity contribution < 1.29 is 20.1 Å². The van der Waals surface area contributed by atoms with Gasteiger partial charge in [-0.3, -0.25) is 4.79 Å². The summed E-state index contributed by atoms with van der Waals surface area (Å²) >= 11 is 6.00. The van der Waals surface area contributed by atoms with Gasteiger partial charge in [0.25, 0.3) is 0 Å². The molecule has 0 spiro atoms. The Morgan fingerprint density at radius 2 is 1.29 bits per heavy atom. The van der Waals surface area contributed by atoms with Crippen LogP contribution in [0.1, 0.15) is 91.0 Å². The highest BCUT2D eigenvalue weighted by atomic mass is 35.5. The molecule has 7 nitrogen and oxygen atoms in total. The van der Waals surface area contributed by atoms with Crippen molar-refractivity contribution in [3.8, 4) is 17.2 Å². The van der Waals surface area contributed by atoms with Crippen molar-refractivity contribution in [2.75, 3.05) is 0 Å². The number of carbonyl (C=O) groups is 1. The molecule has 0 aliphatic rings. The Labute approximate surface area is 247 Å². The largest absolute Gasteiger partial charge is 0.507 e. The second-order valence-electron chi connectivity index (χ2n) is 13.5. The van der Waals surface area contributed by atoms with Gasteiger partial charge in [-0.25, -0.2) is 0 Å². The number of aryl methyl sites for hydroxylation is 1. The van der Waals surface area contributed by atoms with Crippen molar-refractivity contribution in [2.45, 2.75) is 91.4 Å². The fourth-order valence-electron chi connectivity index (χ4n) is 4.55. The van der Waals surface area contributed by atoms with E-state index in [0.717, 1.165) is 22.3 Å². The number of aromatic hydroxyl groups is 2. The summed E-state index contributed by atoms with van der Waals surface area (Å²) in [4.78, 5) is 12.3. The first-order valence-corrected chi connectivity index (χ1v) is 14.1. The Kier molecular flexibility index (Phi) is 9.14. The molecule has 0 unspecified atom stereocenters. The molecule has 220 valence electrons. The van der Waals surface area contributed by atoms with Crippen LogP contribution in [-0.4, -0.2) is 36.3 Å². The first-order chi connectivity index (χ1) is 18.8. The van der Waals surface area contributed by atoms with E-state index in [2.05, 4.69) is 51.7 Å². The number of rotatable bonds is 4. The quantitative estimate of drug-likeness (QED) is 0.225. The molecule has 41 heavy (non-hydrogen) atoms. The summed E-state index contributed by atoms with van der Waals surface area (Å²) in [6.45, 7) is 18.7. The molecule has 3 N–H and O–H groups in total. The van der Waals surface area contributed by atoms with Gasteiger partial charge in [0.2, 0.25) is 0 Å². The third kappa shape index (κ3) is 7.79. The van der Waals surface area contributed by atoms with Gasteiger partial charge in [-0.2, -0.15) is 0 Å². The molecule has 0 aliphatic carbocycles. The Morgan fingerprint density at radius 3 is 1.80 bits per heavy atom. The van der Waals surface area contributed by atoms with Crippen molar-refractivity contribution in [2.24, 2.45) is 0 Å². The summed E-state index contributed by atoms with van der Waals surface area (Å²) in [5.41, 5.74) is 4.92. The molecule has 0 saturated carbocycles. The van der Waals surface area contributed by atoms with Gasteiger partial charge < -0.3 is 15.3 Å². The summed E-state index contributed by atoms with van der Waals surface area (Å²) in [7, 11) is 0. The number of para-hydroxylation sites is 1. The van der Waals surface area contributed by atoms with Gasteiger partial charge in [0.1, 0.15) is 28.2 Å². The lowest BCUT2D eigenvalue weighted by atomic mass is 9.80. The van der Waals surface area contributed by atoms with Crippen molar-refractivity contribution in [3.05, 3.63) is 75.8 Å². The molecule has 0 radical (unpaired) electrons. The van der Waals surface area contributed by atoms with Gasteiger partial charge >= 0.3 is 5.97 Å². The number of carboxylic acids is 1. The Morgan fingerprint density at radius 1 is 0.756 bits per heavy atom. The lowest BCUT2D eigenvalue weighted by molar-refractivity contribution is -0.136. The van der Waals surface area contributed by atoms with Crippen LogP contribution in [0.5, 0.6) is 11.5 Å². The standard InChI is InChI=1S/C19H20ClN3O3.C14H22O/c1-19(2,3)13-8-11(4-7-17(24)25)9-16(18(13)26)23-21-14-6-5-12(20)10-15(14)22-23;1-13(2,3)10-8-7-9-11(12(10)15)14(4,5)6/h5-6,8-10,26H,4,7H2,1-3H3,(H,24,25);7-9,15H,1-6H3. The van der Waals surface area contributed by atoms with E-state index >= 15 is 0 Å². The maximum absolute atomic E-state index is 10.9. The van der Waals surface area contributed by atoms with Crippen molar-refractivity contribution in [3.63, 3.8) is 0 Å². The summed E-state index contributed by atoms with van der Waals surface area (Å²) in [6.07, 6.45) is 0.371. The van der Waals surface area contributed by atoms with Gasteiger partial charge in [-0.05, 0) is 63.6 Å². The molecule has 0 amide bonds. The van der Waals surface area contributed by atoms with Crippen LogP contribution in [0.4, 0.5) is 0 Å². The number of carboxylic acid groups (broad SMARTS) is 1. The van der Waals surface area contributed by atoms with E-state index in [1.54, 1.807) is 24.3 Å². The summed E-state index contributed by atoms with van der Waals surface area (Å²) in [5, 5.41) is 39.4. The molecule has 3 aromatic carbocycles. The predicted octanol–water partition coefficient (Wildman–Crippen LogP) is 8.08. The maximum Gasteiger partial charge on any atom is 0.303 e. The zero-order valence-corrected chi connectivity index (χ0v) is 26.3. The average molecular weight is 580 g/mol. The smallest absolute Gasteiger partial charge is 0.303 e. The van der Waals surface area contributed by atoms with E-state index in [0.29, 0.717) is 33.9 Å². The molecule has 0 saturated heterocycles. The van der Waals surface area contributed by atoms with Crippen LogP contribution in [0.15, 0.2) is 48.5 Å². The monoisotopic (exact) mass is 579 g/mol. The van der Waals surface area contributed by atoms with E-state index in [4.69, 9.17) is 16.7 Å². The highest BCUT2D eigenvalue weighted by molar-refractivity contribution is 6.31. The molecule has 0 atom stereocenters. The van der Waals surface area contributed by atoms with Crippen molar-refractivity contribution in [1.82, 2.24) is 15.0 Å². The SMILES string of the molecule is CC(C)(C)c1cc(CCC(=O)O)cc(-n2nc3ccc(Cl)cc3n2)c1O.CC(C)(C)c1cccc(C(C)(C)C)c1O. The average Bonchev–Trinajstić information content (AvgIpc) is 3.24. The number of phenolic OH excluding ortho intramolecular Hbond substituents is 2. The van der Waals surface area contributed by atoms with Crippen LogP contribution in [-0.2, 0) is 27.5 Å².